The van der Waals surface area contributed by atoms with Crippen LogP contribution in [0.25, 0.3) is 0 Å². The summed E-state index contributed by atoms with van der Waals surface area (Å²) in [7, 11) is 5.47. The van der Waals surface area contributed by atoms with Crippen LogP contribution in [0.3, 0.4) is 0 Å². The Labute approximate surface area is 163 Å². The number of benzene rings is 1. The second-order valence-electron chi connectivity index (χ2n) is 7.22. The summed E-state index contributed by atoms with van der Waals surface area (Å²) in [4.78, 5) is 38.3. The second kappa shape index (κ2) is 7.92. The minimum absolute atomic E-state index is 0.0240. The summed E-state index contributed by atoms with van der Waals surface area (Å²) in [5, 5.41) is 0. The van der Waals surface area contributed by atoms with Crippen molar-refractivity contribution in [3.8, 4) is 0 Å². The molecule has 3 rings (SSSR count). The predicted octanol–water partition coefficient (Wildman–Crippen LogP) is 2.18. The van der Waals surface area contributed by atoms with Crippen molar-refractivity contribution in [1.29, 1.82) is 0 Å². The van der Waals surface area contributed by atoms with Crippen molar-refractivity contribution in [2.45, 2.75) is 25.8 Å². The van der Waals surface area contributed by atoms with Gasteiger partial charge in [-0.3, -0.25) is 9.59 Å². The Morgan fingerprint density at radius 3 is 2.50 bits per heavy atom. The van der Waals surface area contributed by atoms with E-state index in [2.05, 4.69) is 9.97 Å². The van der Waals surface area contributed by atoms with Crippen LogP contribution in [0.15, 0.2) is 30.3 Å². The van der Waals surface area contributed by atoms with Gasteiger partial charge in [0.15, 0.2) is 0 Å². The van der Waals surface area contributed by atoms with Gasteiger partial charge in [0, 0.05) is 58.7 Å². The van der Waals surface area contributed by atoms with Gasteiger partial charge >= 0.3 is 0 Å². The van der Waals surface area contributed by atoms with Crippen LogP contribution >= 0.6 is 0 Å². The maximum Gasteiger partial charge on any atom is 0.227 e. The van der Waals surface area contributed by atoms with Crippen molar-refractivity contribution in [2.24, 2.45) is 0 Å². The molecule has 1 saturated heterocycles. The van der Waals surface area contributed by atoms with E-state index in [1.165, 1.54) is 19.1 Å². The third-order valence-electron chi connectivity index (χ3n) is 4.83. The van der Waals surface area contributed by atoms with Gasteiger partial charge in [-0.25, -0.2) is 14.4 Å². The number of nitrogens with zero attached hydrogens (tertiary/aromatic N) is 5. The normalized spacial score (nSPS) is 16.4. The first kappa shape index (κ1) is 19.7. The predicted molar refractivity (Wildman–Crippen MR) is 105 cm³/mol. The summed E-state index contributed by atoms with van der Waals surface area (Å²) in [5.41, 5.74) is 1.44. The third kappa shape index (κ3) is 4.27. The summed E-state index contributed by atoms with van der Waals surface area (Å²) in [6.07, 6.45) is 0.323. The quantitative estimate of drug-likeness (QED) is 0.789. The summed E-state index contributed by atoms with van der Waals surface area (Å²) >= 11 is 0. The average molecular weight is 385 g/mol. The first-order valence-electron chi connectivity index (χ1n) is 9.07. The van der Waals surface area contributed by atoms with E-state index in [4.69, 9.17) is 0 Å². The fraction of sp³-hybridized carbons (Fsp3) is 0.400. The molecule has 8 heteroatoms. The highest BCUT2D eigenvalue weighted by Crippen LogP contribution is 2.32. The van der Waals surface area contributed by atoms with Gasteiger partial charge in [-0.15, -0.1) is 0 Å². The zero-order chi connectivity index (χ0) is 20.4. The van der Waals surface area contributed by atoms with E-state index < -0.39 is 0 Å². The molecule has 1 aromatic carbocycles. The smallest absolute Gasteiger partial charge is 0.227 e. The van der Waals surface area contributed by atoms with Crippen LogP contribution in [0.4, 0.5) is 15.9 Å². The lowest BCUT2D eigenvalue weighted by Crippen LogP contribution is -2.26. The highest BCUT2D eigenvalue weighted by atomic mass is 19.1. The summed E-state index contributed by atoms with van der Waals surface area (Å²) in [5.74, 6) is 0.734. The van der Waals surface area contributed by atoms with Crippen LogP contribution < -0.4 is 9.80 Å². The fourth-order valence-corrected chi connectivity index (χ4v) is 3.11. The molecule has 0 spiro atoms. The van der Waals surface area contributed by atoms with Crippen molar-refractivity contribution in [3.05, 3.63) is 47.7 Å². The highest BCUT2D eigenvalue weighted by molar-refractivity contribution is 5.96. The Morgan fingerprint density at radius 1 is 1.21 bits per heavy atom. The number of hydrogen-bond donors (Lipinski definition) is 0. The molecule has 1 aromatic heterocycles. The number of anilines is 2. The molecule has 28 heavy (non-hydrogen) atoms. The van der Waals surface area contributed by atoms with E-state index >= 15 is 0 Å². The van der Waals surface area contributed by atoms with Gasteiger partial charge in [0.05, 0.1) is 12.2 Å². The molecule has 0 bridgehead atoms. The number of carbonyl (C=O) groups excluding carboxylic acids is 2. The Hall–Kier alpha value is -3.03. The van der Waals surface area contributed by atoms with Crippen molar-refractivity contribution in [1.82, 2.24) is 14.9 Å². The van der Waals surface area contributed by atoms with Crippen LogP contribution in [0.5, 0.6) is 0 Å². The Morgan fingerprint density at radius 2 is 1.89 bits per heavy atom. The van der Waals surface area contributed by atoms with Gasteiger partial charge in [0.1, 0.15) is 17.5 Å². The molecular formula is C20H24FN5O2. The molecule has 1 unspecified atom stereocenters. The van der Waals surface area contributed by atoms with E-state index in [9.17, 15) is 14.0 Å². The molecule has 0 aliphatic carbocycles. The van der Waals surface area contributed by atoms with Crippen LogP contribution in [0.2, 0.25) is 0 Å². The van der Waals surface area contributed by atoms with E-state index in [0.29, 0.717) is 31.0 Å². The molecule has 148 valence electrons. The van der Waals surface area contributed by atoms with Crippen LogP contribution in [0, 0.1) is 5.82 Å². The maximum atomic E-state index is 13.2. The molecule has 1 aliphatic rings. The van der Waals surface area contributed by atoms with Crippen LogP contribution in [-0.4, -0.2) is 54.4 Å². The molecule has 2 amide bonds. The first-order valence-corrected chi connectivity index (χ1v) is 9.07. The summed E-state index contributed by atoms with van der Waals surface area (Å²) in [6, 6.07) is 7.78. The SMILES string of the molecule is CC(=O)N(C)Cc1nc(C2CC(=O)N(c3ccc(F)cc3)C2)cc(N(C)C)n1. The molecule has 0 saturated carbocycles. The molecule has 1 aliphatic heterocycles. The second-order valence-corrected chi connectivity index (χ2v) is 7.22. The lowest BCUT2D eigenvalue weighted by Gasteiger charge is -2.20. The largest absolute Gasteiger partial charge is 0.363 e. The Balaban J connectivity index is 1.87. The average Bonchev–Trinajstić information content (AvgIpc) is 3.03. The molecule has 1 atom stereocenters. The van der Waals surface area contributed by atoms with Gasteiger partial charge < -0.3 is 14.7 Å². The van der Waals surface area contributed by atoms with Crippen LogP contribution in [0.1, 0.15) is 30.8 Å². The summed E-state index contributed by atoms with van der Waals surface area (Å²) < 4.78 is 13.2. The van der Waals surface area contributed by atoms with Crippen molar-refractivity contribution in [3.63, 3.8) is 0 Å². The molecule has 0 N–H and O–H groups in total. The minimum Gasteiger partial charge on any atom is -0.363 e. The number of amides is 2. The molecular weight excluding hydrogens is 361 g/mol. The first-order chi connectivity index (χ1) is 13.2. The summed E-state index contributed by atoms with van der Waals surface area (Å²) in [6.45, 7) is 2.26. The zero-order valence-electron chi connectivity index (χ0n) is 16.5. The minimum atomic E-state index is -0.336. The van der Waals surface area contributed by atoms with Gasteiger partial charge in [-0.1, -0.05) is 0 Å². The van der Waals surface area contributed by atoms with Crippen molar-refractivity contribution < 1.29 is 14.0 Å². The fourth-order valence-electron chi connectivity index (χ4n) is 3.11. The van der Waals surface area contributed by atoms with E-state index in [-0.39, 0.29) is 23.5 Å². The topological polar surface area (TPSA) is 69.6 Å². The third-order valence-corrected chi connectivity index (χ3v) is 4.83. The zero-order valence-corrected chi connectivity index (χ0v) is 16.5. The Kier molecular flexibility index (Phi) is 5.58. The van der Waals surface area contributed by atoms with E-state index in [1.807, 2.05) is 25.1 Å². The number of rotatable bonds is 5. The van der Waals surface area contributed by atoms with E-state index in [0.717, 1.165) is 11.5 Å². The number of hydrogen-bond acceptors (Lipinski definition) is 5. The molecule has 1 fully saturated rings. The van der Waals surface area contributed by atoms with E-state index in [1.54, 1.807) is 29.0 Å². The maximum absolute atomic E-state index is 13.2. The number of aromatic nitrogens is 2. The standard InChI is InChI=1S/C20H24FN5O2/c1-13(27)25(4)12-18-22-17(10-19(23-18)24(2)3)14-9-20(28)26(11-14)16-7-5-15(21)6-8-16/h5-8,10,14H,9,11-12H2,1-4H3. The molecule has 0 radical (unpaired) electrons. The van der Waals surface area contributed by atoms with Crippen molar-refractivity contribution in [2.75, 3.05) is 37.5 Å². The monoisotopic (exact) mass is 385 g/mol. The number of carbonyl (C=O) groups is 2. The molecule has 2 aromatic rings. The lowest BCUT2D eigenvalue weighted by atomic mass is 10.0. The van der Waals surface area contributed by atoms with Crippen LogP contribution in [-0.2, 0) is 16.1 Å². The number of halogens is 1. The highest BCUT2D eigenvalue weighted by Gasteiger charge is 2.33. The van der Waals surface area contributed by atoms with Crippen molar-refractivity contribution >= 4 is 23.3 Å². The Bertz CT molecular complexity index is 885. The van der Waals surface area contributed by atoms with Gasteiger partial charge in [0.2, 0.25) is 11.8 Å². The van der Waals surface area contributed by atoms with Gasteiger partial charge in [-0.2, -0.15) is 0 Å². The van der Waals surface area contributed by atoms with Gasteiger partial charge in [0.25, 0.3) is 0 Å². The lowest BCUT2D eigenvalue weighted by molar-refractivity contribution is -0.128. The van der Waals surface area contributed by atoms with Gasteiger partial charge in [-0.05, 0) is 24.3 Å². The molecule has 2 heterocycles. The molecule has 7 nitrogen and oxygen atoms in total.